The van der Waals surface area contributed by atoms with Crippen LogP contribution < -0.4 is 5.32 Å². The van der Waals surface area contributed by atoms with Gasteiger partial charge in [0, 0.05) is 12.6 Å². The van der Waals surface area contributed by atoms with Gasteiger partial charge in [-0.25, -0.2) is 4.98 Å². The van der Waals surface area contributed by atoms with E-state index >= 15 is 0 Å². The van der Waals surface area contributed by atoms with Gasteiger partial charge in [0.2, 0.25) is 0 Å². The molecule has 3 heteroatoms. The minimum Gasteiger partial charge on any atom is -0.331 e. The first kappa shape index (κ1) is 14.1. The average Bonchev–Trinajstić information content (AvgIpc) is 2.72. The van der Waals surface area contributed by atoms with Crippen molar-refractivity contribution in [2.75, 3.05) is 6.54 Å². The smallest absolute Gasteiger partial charge is 0.0958 e. The number of aryl methyl sites for hydroxylation is 3. The number of nitrogens with zero attached hydrogens (tertiary/aromatic N) is 2. The summed E-state index contributed by atoms with van der Waals surface area (Å²) in [5.41, 5.74) is 5.04. The van der Waals surface area contributed by atoms with Gasteiger partial charge in [0.15, 0.2) is 0 Å². The largest absolute Gasteiger partial charge is 0.331 e. The molecule has 1 aromatic carbocycles. The molecule has 0 aliphatic heterocycles. The number of rotatable bonds is 6. The Hall–Kier alpha value is -1.35. The van der Waals surface area contributed by atoms with Crippen molar-refractivity contribution in [2.24, 2.45) is 0 Å². The molecule has 0 fully saturated rings. The fourth-order valence-corrected chi connectivity index (χ4v) is 2.29. The highest BCUT2D eigenvalue weighted by atomic mass is 15.0. The Kier molecular flexibility index (Phi) is 4.59. The Morgan fingerprint density at radius 3 is 2.63 bits per heavy atom. The summed E-state index contributed by atoms with van der Waals surface area (Å²) in [5, 5.41) is 3.45. The fourth-order valence-electron chi connectivity index (χ4n) is 2.29. The van der Waals surface area contributed by atoms with E-state index < -0.39 is 0 Å². The number of unbranched alkanes of at least 4 members (excludes halogenated alkanes) is 1. The molecule has 0 bridgehead atoms. The van der Waals surface area contributed by atoms with Crippen LogP contribution in [0.25, 0.3) is 11.0 Å². The van der Waals surface area contributed by atoms with E-state index in [0.29, 0.717) is 6.04 Å². The molecule has 0 unspecified atom stereocenters. The summed E-state index contributed by atoms with van der Waals surface area (Å²) in [7, 11) is 0. The lowest BCUT2D eigenvalue weighted by Crippen LogP contribution is -2.23. The van der Waals surface area contributed by atoms with Gasteiger partial charge in [-0.15, -0.1) is 0 Å². The normalized spacial score (nSPS) is 11.6. The minimum atomic E-state index is 0.583. The molecule has 0 saturated heterocycles. The zero-order valence-corrected chi connectivity index (χ0v) is 12.5. The summed E-state index contributed by atoms with van der Waals surface area (Å²) in [4.78, 5) is 4.50. The number of nitrogens with one attached hydrogen (secondary N) is 1. The number of benzene rings is 1. The van der Waals surface area contributed by atoms with Gasteiger partial charge >= 0.3 is 0 Å². The molecule has 2 rings (SSSR count). The van der Waals surface area contributed by atoms with Gasteiger partial charge in [-0.1, -0.05) is 13.8 Å². The van der Waals surface area contributed by atoms with E-state index in [1.54, 1.807) is 0 Å². The van der Waals surface area contributed by atoms with E-state index in [4.69, 9.17) is 0 Å². The van der Waals surface area contributed by atoms with Gasteiger partial charge in [-0.05, 0) is 56.5 Å². The monoisotopic (exact) mass is 259 g/mol. The zero-order chi connectivity index (χ0) is 13.8. The van der Waals surface area contributed by atoms with Crippen LogP contribution in [0.1, 0.15) is 37.8 Å². The third-order valence-electron chi connectivity index (χ3n) is 3.61. The highest BCUT2D eigenvalue weighted by molar-refractivity contribution is 5.77. The Morgan fingerprint density at radius 2 is 1.89 bits per heavy atom. The topological polar surface area (TPSA) is 29.9 Å². The van der Waals surface area contributed by atoms with E-state index in [1.165, 1.54) is 29.5 Å². The van der Waals surface area contributed by atoms with Gasteiger partial charge in [0.25, 0.3) is 0 Å². The molecule has 104 valence electrons. The SMILES string of the molecule is Cc1cc2ncn(CCCCNC(C)C)c2cc1C. The van der Waals surface area contributed by atoms with Crippen molar-refractivity contribution in [1.82, 2.24) is 14.9 Å². The minimum absolute atomic E-state index is 0.583. The molecule has 3 nitrogen and oxygen atoms in total. The second kappa shape index (κ2) is 6.20. The van der Waals surface area contributed by atoms with E-state index in [9.17, 15) is 0 Å². The maximum absolute atomic E-state index is 4.50. The van der Waals surface area contributed by atoms with E-state index in [-0.39, 0.29) is 0 Å². The molecule has 0 atom stereocenters. The molecule has 0 aliphatic carbocycles. The van der Waals surface area contributed by atoms with Crippen molar-refractivity contribution in [3.63, 3.8) is 0 Å². The van der Waals surface area contributed by atoms with Gasteiger partial charge in [-0.2, -0.15) is 0 Å². The van der Waals surface area contributed by atoms with Crippen molar-refractivity contribution in [1.29, 1.82) is 0 Å². The lowest BCUT2D eigenvalue weighted by Gasteiger charge is -2.09. The van der Waals surface area contributed by atoms with Crippen molar-refractivity contribution in [3.05, 3.63) is 29.6 Å². The van der Waals surface area contributed by atoms with Crippen LogP contribution in [0.15, 0.2) is 18.5 Å². The lowest BCUT2D eigenvalue weighted by atomic mass is 10.1. The fraction of sp³-hybridized carbons (Fsp3) is 0.562. The Labute approximate surface area is 116 Å². The van der Waals surface area contributed by atoms with Crippen molar-refractivity contribution in [2.45, 2.75) is 53.1 Å². The number of aromatic nitrogens is 2. The third-order valence-corrected chi connectivity index (χ3v) is 3.61. The molecule has 1 N–H and O–H groups in total. The molecule has 0 radical (unpaired) electrons. The summed E-state index contributed by atoms with van der Waals surface area (Å²) < 4.78 is 2.27. The van der Waals surface area contributed by atoms with Crippen LogP contribution in [0.5, 0.6) is 0 Å². The maximum Gasteiger partial charge on any atom is 0.0958 e. The number of imidazole rings is 1. The quantitative estimate of drug-likeness (QED) is 0.805. The molecular weight excluding hydrogens is 234 g/mol. The molecular formula is C16H25N3. The molecule has 0 amide bonds. The van der Waals surface area contributed by atoms with Gasteiger partial charge in [-0.3, -0.25) is 0 Å². The Balaban J connectivity index is 1.96. The number of fused-ring (bicyclic) bond motifs is 1. The standard InChI is InChI=1S/C16H25N3/c1-12(2)17-7-5-6-8-19-11-18-15-9-13(3)14(4)10-16(15)19/h9-12,17H,5-8H2,1-4H3. The van der Waals surface area contributed by atoms with Crippen LogP contribution in [0.3, 0.4) is 0 Å². The van der Waals surface area contributed by atoms with Crippen molar-refractivity contribution in [3.8, 4) is 0 Å². The van der Waals surface area contributed by atoms with E-state index in [0.717, 1.165) is 18.6 Å². The molecule has 0 saturated carbocycles. The molecule has 1 aromatic heterocycles. The van der Waals surface area contributed by atoms with Crippen LogP contribution >= 0.6 is 0 Å². The summed E-state index contributed by atoms with van der Waals surface area (Å²) >= 11 is 0. The summed E-state index contributed by atoms with van der Waals surface area (Å²) in [6.07, 6.45) is 4.38. The second-order valence-corrected chi connectivity index (χ2v) is 5.68. The summed E-state index contributed by atoms with van der Waals surface area (Å²) in [6.45, 7) is 10.8. The highest BCUT2D eigenvalue weighted by Gasteiger charge is 2.04. The zero-order valence-electron chi connectivity index (χ0n) is 12.5. The molecule has 0 spiro atoms. The van der Waals surface area contributed by atoms with Crippen LogP contribution in [-0.4, -0.2) is 22.1 Å². The van der Waals surface area contributed by atoms with Crippen LogP contribution in [0.2, 0.25) is 0 Å². The average molecular weight is 259 g/mol. The lowest BCUT2D eigenvalue weighted by molar-refractivity contribution is 0.535. The van der Waals surface area contributed by atoms with Gasteiger partial charge in [0.05, 0.1) is 17.4 Å². The summed E-state index contributed by atoms with van der Waals surface area (Å²) in [6, 6.07) is 5.02. The predicted molar refractivity (Wildman–Crippen MR) is 81.6 cm³/mol. The molecule has 1 heterocycles. The maximum atomic E-state index is 4.50. The highest BCUT2D eigenvalue weighted by Crippen LogP contribution is 2.18. The Morgan fingerprint density at radius 1 is 1.16 bits per heavy atom. The first-order chi connectivity index (χ1) is 9.08. The van der Waals surface area contributed by atoms with E-state index in [2.05, 4.69) is 54.7 Å². The van der Waals surface area contributed by atoms with Crippen LogP contribution in [0.4, 0.5) is 0 Å². The third kappa shape index (κ3) is 3.57. The van der Waals surface area contributed by atoms with Crippen LogP contribution in [0, 0.1) is 13.8 Å². The first-order valence-electron chi connectivity index (χ1n) is 7.23. The molecule has 2 aromatic rings. The first-order valence-corrected chi connectivity index (χ1v) is 7.23. The predicted octanol–water partition coefficient (Wildman–Crippen LogP) is 3.43. The van der Waals surface area contributed by atoms with Gasteiger partial charge < -0.3 is 9.88 Å². The van der Waals surface area contributed by atoms with Crippen LogP contribution in [-0.2, 0) is 6.54 Å². The van der Waals surface area contributed by atoms with Gasteiger partial charge in [0.1, 0.15) is 0 Å². The Bertz CT molecular complexity index is 540. The van der Waals surface area contributed by atoms with Crippen molar-refractivity contribution >= 4 is 11.0 Å². The number of hydrogen-bond acceptors (Lipinski definition) is 2. The number of hydrogen-bond donors (Lipinski definition) is 1. The second-order valence-electron chi connectivity index (χ2n) is 5.68. The molecule has 0 aliphatic rings. The van der Waals surface area contributed by atoms with E-state index in [1.807, 2.05) is 6.33 Å². The molecule has 19 heavy (non-hydrogen) atoms. The summed E-state index contributed by atoms with van der Waals surface area (Å²) in [5.74, 6) is 0. The van der Waals surface area contributed by atoms with Crippen molar-refractivity contribution < 1.29 is 0 Å².